The predicted octanol–water partition coefficient (Wildman–Crippen LogP) is 2.32. The average Bonchev–Trinajstić information content (AvgIpc) is 2.27. The first-order valence-corrected chi connectivity index (χ1v) is 6.69. The van der Waals surface area contributed by atoms with Gasteiger partial charge in [-0.05, 0) is 12.8 Å². The summed E-state index contributed by atoms with van der Waals surface area (Å²) in [5.41, 5.74) is 1.10. The van der Waals surface area contributed by atoms with Crippen molar-refractivity contribution in [3.8, 4) is 0 Å². The van der Waals surface area contributed by atoms with Crippen molar-refractivity contribution in [1.82, 2.24) is 5.32 Å². The molecule has 4 heteroatoms. The van der Waals surface area contributed by atoms with Crippen LogP contribution < -0.4 is 5.32 Å². The van der Waals surface area contributed by atoms with E-state index in [2.05, 4.69) is 24.3 Å². The highest BCUT2D eigenvalue weighted by molar-refractivity contribution is 5.83. The van der Waals surface area contributed by atoms with Crippen LogP contribution in [-0.2, 0) is 4.84 Å². The summed E-state index contributed by atoms with van der Waals surface area (Å²) in [6.45, 7) is 9.17. The predicted molar refractivity (Wildman–Crippen MR) is 72.3 cm³/mol. The van der Waals surface area contributed by atoms with E-state index in [4.69, 9.17) is 4.84 Å². The van der Waals surface area contributed by atoms with Gasteiger partial charge in [-0.1, -0.05) is 45.7 Å². The zero-order valence-corrected chi connectivity index (χ0v) is 11.7. The summed E-state index contributed by atoms with van der Waals surface area (Å²) in [4.78, 5) is 5.19. The lowest BCUT2D eigenvalue weighted by atomic mass is 10.1. The monoisotopic (exact) mass is 244 g/mol. The minimum atomic E-state index is -0.495. The lowest BCUT2D eigenvalue weighted by molar-refractivity contribution is 0.0389. The Kier molecular flexibility index (Phi) is 10.2. The van der Waals surface area contributed by atoms with E-state index >= 15 is 0 Å². The van der Waals surface area contributed by atoms with Crippen LogP contribution in [0.5, 0.6) is 0 Å². The summed E-state index contributed by atoms with van der Waals surface area (Å²) in [5.74, 6) is 0. The van der Waals surface area contributed by atoms with Crippen molar-refractivity contribution in [2.75, 3.05) is 13.2 Å². The van der Waals surface area contributed by atoms with Gasteiger partial charge in [0.1, 0.15) is 12.7 Å². The van der Waals surface area contributed by atoms with E-state index in [1.165, 1.54) is 0 Å². The number of nitrogens with zero attached hydrogens (tertiary/aromatic N) is 1. The Morgan fingerprint density at radius 2 is 1.82 bits per heavy atom. The van der Waals surface area contributed by atoms with Crippen molar-refractivity contribution in [3.05, 3.63) is 0 Å². The van der Waals surface area contributed by atoms with Crippen LogP contribution in [0.2, 0.25) is 0 Å². The summed E-state index contributed by atoms with van der Waals surface area (Å²) in [6, 6.07) is 0.379. The van der Waals surface area contributed by atoms with Crippen molar-refractivity contribution in [2.24, 2.45) is 5.16 Å². The van der Waals surface area contributed by atoms with Gasteiger partial charge in [0.25, 0.3) is 0 Å². The molecule has 0 fully saturated rings. The first-order chi connectivity index (χ1) is 8.10. The number of aliphatic hydroxyl groups excluding tert-OH is 1. The lowest BCUT2D eigenvalue weighted by Gasteiger charge is -2.13. The van der Waals surface area contributed by atoms with Crippen LogP contribution >= 0.6 is 0 Å². The molecule has 17 heavy (non-hydrogen) atoms. The van der Waals surface area contributed by atoms with Gasteiger partial charge in [-0.2, -0.15) is 0 Å². The number of aliphatic hydroxyl groups is 1. The molecule has 4 nitrogen and oxygen atoms in total. The molecule has 0 amide bonds. The van der Waals surface area contributed by atoms with Crippen LogP contribution in [0.3, 0.4) is 0 Å². The highest BCUT2D eigenvalue weighted by atomic mass is 16.6. The van der Waals surface area contributed by atoms with E-state index in [0.29, 0.717) is 12.6 Å². The van der Waals surface area contributed by atoms with E-state index in [1.54, 1.807) is 0 Å². The lowest BCUT2D eigenvalue weighted by Crippen LogP contribution is -2.34. The summed E-state index contributed by atoms with van der Waals surface area (Å²) >= 11 is 0. The molecule has 0 spiro atoms. The third-order valence-electron chi connectivity index (χ3n) is 2.30. The topological polar surface area (TPSA) is 53.9 Å². The smallest absolute Gasteiger partial charge is 0.144 e. The molecular weight excluding hydrogens is 216 g/mol. The molecule has 2 N–H and O–H groups in total. The van der Waals surface area contributed by atoms with Gasteiger partial charge in [-0.15, -0.1) is 0 Å². The van der Waals surface area contributed by atoms with Gasteiger partial charge in [0, 0.05) is 12.6 Å². The quantitative estimate of drug-likeness (QED) is 0.458. The van der Waals surface area contributed by atoms with E-state index in [-0.39, 0.29) is 6.61 Å². The Balaban J connectivity index is 3.79. The van der Waals surface area contributed by atoms with E-state index < -0.39 is 6.10 Å². The third-order valence-corrected chi connectivity index (χ3v) is 2.30. The molecule has 0 aromatic heterocycles. The maximum atomic E-state index is 9.61. The fraction of sp³-hybridized carbons (Fsp3) is 0.923. The van der Waals surface area contributed by atoms with Crippen LogP contribution in [0.15, 0.2) is 5.16 Å². The van der Waals surface area contributed by atoms with E-state index in [1.807, 2.05) is 13.8 Å². The normalized spacial score (nSPS) is 12.6. The first-order valence-electron chi connectivity index (χ1n) is 6.69. The molecule has 0 rings (SSSR count). The second-order valence-corrected chi connectivity index (χ2v) is 4.67. The molecule has 1 atom stereocenters. The number of hydrogen-bond donors (Lipinski definition) is 2. The molecule has 0 radical (unpaired) electrons. The minimum Gasteiger partial charge on any atom is -0.393 e. The van der Waals surface area contributed by atoms with E-state index in [9.17, 15) is 5.11 Å². The Hall–Kier alpha value is -0.610. The van der Waals surface area contributed by atoms with Crippen molar-refractivity contribution in [3.63, 3.8) is 0 Å². The average molecular weight is 244 g/mol. The van der Waals surface area contributed by atoms with Crippen LogP contribution in [0.1, 0.15) is 53.4 Å². The summed E-state index contributed by atoms with van der Waals surface area (Å²) in [6.07, 6.45) is 3.63. The summed E-state index contributed by atoms with van der Waals surface area (Å²) in [7, 11) is 0. The molecule has 0 saturated carbocycles. The van der Waals surface area contributed by atoms with Crippen molar-refractivity contribution in [2.45, 2.75) is 65.5 Å². The Bertz CT molecular complexity index is 198. The summed E-state index contributed by atoms with van der Waals surface area (Å²) in [5, 5.41) is 16.9. The highest BCUT2D eigenvalue weighted by Gasteiger charge is 2.05. The molecular formula is C13H28N2O2. The van der Waals surface area contributed by atoms with Crippen LogP contribution in [0, 0.1) is 0 Å². The third kappa shape index (κ3) is 10.3. The minimum absolute atomic E-state index is 0.261. The number of nitrogens with one attached hydrogen (secondary N) is 1. The second kappa shape index (κ2) is 10.5. The molecule has 0 aromatic rings. The molecule has 0 saturated heterocycles. The second-order valence-electron chi connectivity index (χ2n) is 4.67. The van der Waals surface area contributed by atoms with Crippen LogP contribution in [0.25, 0.3) is 0 Å². The molecule has 102 valence electrons. The molecule has 0 bridgehead atoms. The standard InChI is InChI=1S/C13H28N2O2/c1-5-7-12(8-6-2)15-17-10-13(16)9-14-11(3)4/h11,13-14,16H,5-10H2,1-4H3/t13-/m0/s1. The molecule has 0 heterocycles. The SMILES string of the molecule is CCCC(CCC)=NOC[C@@H](O)CNC(C)C. The Morgan fingerprint density at radius 1 is 1.24 bits per heavy atom. The zero-order chi connectivity index (χ0) is 13.1. The van der Waals surface area contributed by atoms with Gasteiger partial charge in [-0.25, -0.2) is 0 Å². The maximum absolute atomic E-state index is 9.61. The van der Waals surface area contributed by atoms with Crippen molar-refractivity contribution < 1.29 is 9.94 Å². The van der Waals surface area contributed by atoms with E-state index in [0.717, 1.165) is 31.4 Å². The first kappa shape index (κ1) is 16.4. The molecule has 0 aliphatic carbocycles. The van der Waals surface area contributed by atoms with Gasteiger partial charge >= 0.3 is 0 Å². The van der Waals surface area contributed by atoms with Crippen molar-refractivity contribution in [1.29, 1.82) is 0 Å². The fourth-order valence-corrected chi connectivity index (χ4v) is 1.44. The van der Waals surface area contributed by atoms with Crippen LogP contribution in [0.4, 0.5) is 0 Å². The molecule has 0 aliphatic heterocycles. The van der Waals surface area contributed by atoms with Gasteiger partial charge in [0.2, 0.25) is 0 Å². The zero-order valence-electron chi connectivity index (χ0n) is 11.7. The van der Waals surface area contributed by atoms with Crippen LogP contribution in [-0.4, -0.2) is 36.1 Å². The molecule has 0 unspecified atom stereocenters. The van der Waals surface area contributed by atoms with Gasteiger partial charge in [-0.3, -0.25) is 0 Å². The maximum Gasteiger partial charge on any atom is 0.144 e. The number of hydrogen-bond acceptors (Lipinski definition) is 4. The molecule has 0 aromatic carbocycles. The summed E-state index contributed by atoms with van der Waals surface area (Å²) < 4.78 is 0. The van der Waals surface area contributed by atoms with Gasteiger partial charge < -0.3 is 15.3 Å². The Morgan fingerprint density at radius 3 is 2.29 bits per heavy atom. The molecule has 0 aliphatic rings. The van der Waals surface area contributed by atoms with Crippen molar-refractivity contribution >= 4 is 5.71 Å². The van der Waals surface area contributed by atoms with Gasteiger partial charge in [0.05, 0.1) is 5.71 Å². The van der Waals surface area contributed by atoms with Gasteiger partial charge in [0.15, 0.2) is 0 Å². The largest absolute Gasteiger partial charge is 0.393 e. The number of rotatable bonds is 10. The highest BCUT2D eigenvalue weighted by Crippen LogP contribution is 2.01. The fourth-order valence-electron chi connectivity index (χ4n) is 1.44. The number of oxime groups is 1. The Labute approximate surface area is 105 Å².